The van der Waals surface area contributed by atoms with Gasteiger partial charge in [-0.1, -0.05) is 0 Å². The van der Waals surface area contributed by atoms with Crippen LogP contribution in [0.5, 0.6) is 11.5 Å². The average molecular weight is 417 g/mol. The molecule has 1 aromatic heterocycles. The summed E-state index contributed by atoms with van der Waals surface area (Å²) in [6.45, 7) is 6.35. The Morgan fingerprint density at radius 2 is 1.76 bits per heavy atom. The molecule has 154 valence electrons. The van der Waals surface area contributed by atoms with Crippen molar-refractivity contribution in [2.75, 3.05) is 31.2 Å². The zero-order valence-electron chi connectivity index (χ0n) is 16.5. The number of aryl methyl sites for hydroxylation is 1. The number of anilines is 1. The second-order valence-electron chi connectivity index (χ2n) is 7.85. The number of aromatic nitrogens is 2. The summed E-state index contributed by atoms with van der Waals surface area (Å²) < 4.78 is 39.7. The first-order chi connectivity index (χ1) is 13.9. The van der Waals surface area contributed by atoms with Crippen LogP contribution in [0.4, 0.5) is 5.82 Å². The van der Waals surface area contributed by atoms with Gasteiger partial charge in [0.1, 0.15) is 12.1 Å². The SMILES string of the molecule is Cc1ncnc(N2CC3CC(C2)N3S(=O)(=O)c2ccc3c(c2)OCCCO3)c1C. The Hall–Kier alpha value is -2.39. The predicted octanol–water partition coefficient (Wildman–Crippen LogP) is 1.91. The van der Waals surface area contributed by atoms with Crippen LogP contribution in [0.2, 0.25) is 0 Å². The highest BCUT2D eigenvalue weighted by atomic mass is 32.2. The van der Waals surface area contributed by atoms with Crippen molar-refractivity contribution in [2.45, 2.75) is 43.7 Å². The summed E-state index contributed by atoms with van der Waals surface area (Å²) in [7, 11) is -3.59. The van der Waals surface area contributed by atoms with Crippen LogP contribution in [0, 0.1) is 13.8 Å². The van der Waals surface area contributed by atoms with Gasteiger partial charge in [-0.15, -0.1) is 0 Å². The fourth-order valence-electron chi connectivity index (χ4n) is 4.41. The third kappa shape index (κ3) is 3.03. The number of rotatable bonds is 3. The molecule has 0 spiro atoms. The van der Waals surface area contributed by atoms with Crippen LogP contribution in [0.1, 0.15) is 24.1 Å². The third-order valence-corrected chi connectivity index (χ3v) is 8.03. The van der Waals surface area contributed by atoms with Crippen molar-refractivity contribution in [1.29, 1.82) is 0 Å². The van der Waals surface area contributed by atoms with Crippen molar-refractivity contribution in [3.63, 3.8) is 0 Å². The lowest BCUT2D eigenvalue weighted by molar-refractivity contribution is 0.0873. The molecular weight excluding hydrogens is 392 g/mol. The van der Waals surface area contributed by atoms with Gasteiger partial charge in [0.15, 0.2) is 11.5 Å². The molecular formula is C20H24N4O4S. The highest BCUT2D eigenvalue weighted by Gasteiger charge is 2.51. The van der Waals surface area contributed by atoms with E-state index in [-0.39, 0.29) is 17.0 Å². The molecule has 29 heavy (non-hydrogen) atoms. The Kier molecular flexibility index (Phi) is 4.40. The number of sulfonamides is 1. The first-order valence-corrected chi connectivity index (χ1v) is 11.4. The summed E-state index contributed by atoms with van der Waals surface area (Å²) in [6.07, 6.45) is 3.23. The summed E-state index contributed by atoms with van der Waals surface area (Å²) in [5, 5.41) is 0. The smallest absolute Gasteiger partial charge is 0.243 e. The number of nitrogens with zero attached hydrogens (tertiary/aromatic N) is 4. The Morgan fingerprint density at radius 3 is 2.52 bits per heavy atom. The first-order valence-electron chi connectivity index (χ1n) is 9.91. The monoisotopic (exact) mass is 416 g/mol. The Balaban J connectivity index is 1.39. The molecule has 0 N–H and O–H groups in total. The van der Waals surface area contributed by atoms with E-state index in [1.165, 1.54) is 0 Å². The fourth-order valence-corrected chi connectivity index (χ4v) is 6.24. The maximum Gasteiger partial charge on any atom is 0.243 e. The van der Waals surface area contributed by atoms with Gasteiger partial charge in [0.2, 0.25) is 10.0 Å². The molecule has 0 radical (unpaired) electrons. The maximum absolute atomic E-state index is 13.3. The van der Waals surface area contributed by atoms with Crippen LogP contribution >= 0.6 is 0 Å². The van der Waals surface area contributed by atoms with Crippen LogP contribution in [-0.4, -0.2) is 61.1 Å². The third-order valence-electron chi connectivity index (χ3n) is 6.03. The summed E-state index contributed by atoms with van der Waals surface area (Å²) >= 11 is 0. The minimum Gasteiger partial charge on any atom is -0.490 e. The number of hydrogen-bond acceptors (Lipinski definition) is 7. The second kappa shape index (κ2) is 6.84. The van der Waals surface area contributed by atoms with E-state index < -0.39 is 10.0 Å². The summed E-state index contributed by atoms with van der Waals surface area (Å²) in [5.41, 5.74) is 2.00. The molecule has 0 amide bonds. The lowest BCUT2D eigenvalue weighted by Crippen LogP contribution is -2.70. The van der Waals surface area contributed by atoms with Crippen molar-refractivity contribution in [3.8, 4) is 11.5 Å². The zero-order valence-corrected chi connectivity index (χ0v) is 17.4. The van der Waals surface area contributed by atoms with E-state index in [0.29, 0.717) is 37.8 Å². The molecule has 1 aromatic carbocycles. The highest BCUT2D eigenvalue weighted by molar-refractivity contribution is 7.89. The minimum atomic E-state index is -3.59. The van der Waals surface area contributed by atoms with Crippen LogP contribution < -0.4 is 14.4 Å². The van der Waals surface area contributed by atoms with E-state index in [1.54, 1.807) is 28.8 Å². The summed E-state index contributed by atoms with van der Waals surface area (Å²) in [6, 6.07) is 4.81. The van der Waals surface area contributed by atoms with E-state index in [0.717, 1.165) is 29.9 Å². The average Bonchev–Trinajstić information content (AvgIpc) is 2.94. The first kappa shape index (κ1) is 18.6. The van der Waals surface area contributed by atoms with Gasteiger partial charge in [0.25, 0.3) is 0 Å². The Bertz CT molecular complexity index is 1050. The van der Waals surface area contributed by atoms with E-state index in [9.17, 15) is 8.42 Å². The summed E-state index contributed by atoms with van der Waals surface area (Å²) in [4.78, 5) is 11.1. The van der Waals surface area contributed by atoms with Gasteiger partial charge in [-0.3, -0.25) is 0 Å². The molecule has 5 heterocycles. The molecule has 0 saturated carbocycles. The van der Waals surface area contributed by atoms with Gasteiger partial charge >= 0.3 is 0 Å². The van der Waals surface area contributed by atoms with Gasteiger partial charge < -0.3 is 14.4 Å². The quantitative estimate of drug-likeness (QED) is 0.756. The van der Waals surface area contributed by atoms with Crippen molar-refractivity contribution >= 4 is 15.8 Å². The van der Waals surface area contributed by atoms with Crippen molar-refractivity contribution < 1.29 is 17.9 Å². The van der Waals surface area contributed by atoms with Gasteiger partial charge in [0.05, 0.1) is 18.1 Å². The molecule has 2 bridgehead atoms. The Labute approximate surface area is 170 Å². The highest BCUT2D eigenvalue weighted by Crippen LogP contribution is 2.41. The molecule has 0 aliphatic carbocycles. The Morgan fingerprint density at radius 1 is 1.03 bits per heavy atom. The van der Waals surface area contributed by atoms with E-state index in [1.807, 2.05) is 13.8 Å². The largest absolute Gasteiger partial charge is 0.490 e. The number of piperidine rings is 1. The van der Waals surface area contributed by atoms with Crippen LogP contribution in [-0.2, 0) is 10.0 Å². The number of piperazine rings is 1. The lowest BCUT2D eigenvalue weighted by Gasteiger charge is -2.55. The van der Waals surface area contributed by atoms with Gasteiger partial charge in [0, 0.05) is 48.9 Å². The topological polar surface area (TPSA) is 84.9 Å². The van der Waals surface area contributed by atoms with E-state index in [4.69, 9.17) is 9.47 Å². The fraction of sp³-hybridized carbons (Fsp3) is 0.500. The molecule has 8 nitrogen and oxygen atoms in total. The molecule has 6 rings (SSSR count). The molecule has 2 atom stereocenters. The van der Waals surface area contributed by atoms with Crippen molar-refractivity contribution in [3.05, 3.63) is 35.8 Å². The maximum atomic E-state index is 13.3. The normalized spacial score (nSPS) is 24.0. The molecule has 2 unspecified atom stereocenters. The molecule has 4 aliphatic rings. The molecule has 3 fully saturated rings. The molecule has 3 saturated heterocycles. The molecule has 4 aliphatic heterocycles. The number of ether oxygens (including phenoxy) is 2. The van der Waals surface area contributed by atoms with Crippen molar-refractivity contribution in [2.24, 2.45) is 0 Å². The standard InChI is InChI=1S/C20H24N4O4S/c1-13-14(2)21-12-22-20(13)23-10-15-8-16(11-23)24(15)29(25,26)17-4-5-18-19(9-17)28-7-3-6-27-18/h4-5,9,12,15-16H,3,6-8,10-11H2,1-2H3. The van der Waals surface area contributed by atoms with Gasteiger partial charge in [-0.2, -0.15) is 4.31 Å². The number of hydrogen-bond donors (Lipinski definition) is 0. The number of benzene rings is 1. The van der Waals surface area contributed by atoms with Gasteiger partial charge in [-0.25, -0.2) is 18.4 Å². The summed E-state index contributed by atoms with van der Waals surface area (Å²) in [5.74, 6) is 2.01. The minimum absolute atomic E-state index is 0.0515. The van der Waals surface area contributed by atoms with E-state index in [2.05, 4.69) is 14.9 Å². The van der Waals surface area contributed by atoms with Crippen LogP contribution in [0.3, 0.4) is 0 Å². The predicted molar refractivity (Wildman–Crippen MR) is 107 cm³/mol. The van der Waals surface area contributed by atoms with Crippen molar-refractivity contribution in [1.82, 2.24) is 14.3 Å². The molecule has 9 heteroatoms. The van der Waals surface area contributed by atoms with Gasteiger partial charge in [-0.05, 0) is 32.4 Å². The van der Waals surface area contributed by atoms with Crippen LogP contribution in [0.15, 0.2) is 29.4 Å². The van der Waals surface area contributed by atoms with E-state index >= 15 is 0 Å². The molecule has 2 aromatic rings. The zero-order chi connectivity index (χ0) is 20.2. The lowest BCUT2D eigenvalue weighted by atomic mass is 9.91. The number of fused-ring (bicyclic) bond motifs is 3. The second-order valence-corrected chi connectivity index (χ2v) is 9.69. The van der Waals surface area contributed by atoms with Crippen LogP contribution in [0.25, 0.3) is 0 Å².